The Hall–Kier alpha value is -2.95. The number of hydrogen-bond acceptors (Lipinski definition) is 0. The van der Waals surface area contributed by atoms with Crippen LogP contribution in [-0.2, 0) is 0 Å². The number of hydrogen-bond donors (Lipinski definition) is 0. The monoisotopic (exact) mass is 474 g/mol. The fourth-order valence-corrected chi connectivity index (χ4v) is 9.97. The lowest BCUT2D eigenvalue weighted by Gasteiger charge is -2.43. The van der Waals surface area contributed by atoms with Gasteiger partial charge in [0.2, 0.25) is 0 Å². The molecule has 0 aliphatic carbocycles. The van der Waals surface area contributed by atoms with Crippen molar-refractivity contribution >= 4 is 34.8 Å². The van der Waals surface area contributed by atoms with Crippen LogP contribution in [0.1, 0.15) is 41.5 Å². The van der Waals surface area contributed by atoms with Gasteiger partial charge in [0.05, 0.1) is 0 Å². The van der Waals surface area contributed by atoms with Gasteiger partial charge in [-0.25, -0.2) is 0 Å². The number of rotatable bonds is 3. The van der Waals surface area contributed by atoms with Crippen molar-refractivity contribution in [2.45, 2.75) is 51.9 Å². The Morgan fingerprint density at radius 2 is 0.943 bits per heavy atom. The molecule has 0 heterocycles. The van der Waals surface area contributed by atoms with Crippen molar-refractivity contribution in [2.75, 3.05) is 0 Å². The maximum Gasteiger partial charge on any atom is -0.00141 e. The molecule has 0 fully saturated rings. The molecule has 0 N–H and O–H groups in total. The summed E-state index contributed by atoms with van der Waals surface area (Å²) in [5.41, 5.74) is 5.35. The first kappa shape index (κ1) is 23.8. The molecule has 0 nitrogen and oxygen atoms in total. The molecule has 0 aliphatic rings. The van der Waals surface area contributed by atoms with Crippen LogP contribution in [0.15, 0.2) is 103 Å². The molecule has 5 rings (SSSR count). The molecule has 0 saturated heterocycles. The van der Waals surface area contributed by atoms with E-state index in [0.717, 1.165) is 0 Å². The third kappa shape index (κ3) is 4.41. The van der Waals surface area contributed by atoms with Gasteiger partial charge in [-0.1, -0.05) is 153 Å². The standard InChI is InChI=1S/C34H35P/c1-33(2,3)35(34(4,5)6)30-23-21-26-17-11-13-19-28(26)32(30)31-27-18-12-10-16-25(27)20-22-29(31)24-14-8-7-9-15-24/h7-23H,1-6H3. The molecule has 0 atom stereocenters. The number of benzene rings is 5. The summed E-state index contributed by atoms with van der Waals surface area (Å²) in [6, 6.07) is 38.1. The van der Waals surface area contributed by atoms with E-state index in [2.05, 4.69) is 145 Å². The van der Waals surface area contributed by atoms with Crippen molar-refractivity contribution in [3.8, 4) is 22.3 Å². The van der Waals surface area contributed by atoms with Gasteiger partial charge in [-0.3, -0.25) is 0 Å². The van der Waals surface area contributed by atoms with E-state index in [1.165, 1.54) is 49.1 Å². The lowest BCUT2D eigenvalue weighted by molar-refractivity contribution is 0.715. The highest BCUT2D eigenvalue weighted by atomic mass is 31.1. The second-order valence-corrected chi connectivity index (χ2v) is 15.3. The molecule has 1 heteroatoms. The molecule has 0 aromatic heterocycles. The fourth-order valence-electron chi connectivity index (χ4n) is 5.84. The molecule has 0 spiro atoms. The minimum absolute atomic E-state index is 0.169. The summed E-state index contributed by atoms with van der Waals surface area (Å²) in [5, 5.41) is 7.11. The molecule has 176 valence electrons. The van der Waals surface area contributed by atoms with Crippen molar-refractivity contribution in [3.63, 3.8) is 0 Å². The van der Waals surface area contributed by atoms with Crippen LogP contribution in [0.5, 0.6) is 0 Å². The first-order valence-electron chi connectivity index (χ1n) is 12.6. The molecule has 0 aliphatic heterocycles. The SMILES string of the molecule is CC(C)(C)P(c1ccc2ccccc2c1-c1c(-c2ccccc2)ccc2ccccc12)C(C)(C)C. The third-order valence-electron chi connectivity index (χ3n) is 6.75. The molecule has 0 amide bonds. The van der Waals surface area contributed by atoms with Crippen LogP contribution in [-0.4, -0.2) is 10.3 Å². The summed E-state index contributed by atoms with van der Waals surface area (Å²) in [6.45, 7) is 14.5. The predicted octanol–water partition coefficient (Wildman–Crippen LogP) is 10.0. The highest BCUT2D eigenvalue weighted by Gasteiger charge is 2.38. The summed E-state index contributed by atoms with van der Waals surface area (Å²) in [7, 11) is -0.492. The molecule has 0 unspecified atom stereocenters. The van der Waals surface area contributed by atoms with Crippen molar-refractivity contribution in [3.05, 3.63) is 103 Å². The zero-order chi connectivity index (χ0) is 24.8. The van der Waals surface area contributed by atoms with Crippen molar-refractivity contribution in [2.24, 2.45) is 0 Å². The average Bonchev–Trinajstić information content (AvgIpc) is 2.82. The molecular formula is C34H35P. The third-order valence-corrected chi connectivity index (χ3v) is 10.3. The average molecular weight is 475 g/mol. The van der Waals surface area contributed by atoms with Gasteiger partial charge in [0.1, 0.15) is 0 Å². The summed E-state index contributed by atoms with van der Waals surface area (Å²) in [5.74, 6) is 0. The van der Waals surface area contributed by atoms with Gasteiger partial charge in [0.25, 0.3) is 0 Å². The lowest BCUT2D eigenvalue weighted by Crippen LogP contribution is -2.32. The maximum atomic E-state index is 2.44. The van der Waals surface area contributed by atoms with E-state index in [-0.39, 0.29) is 10.3 Å². The van der Waals surface area contributed by atoms with Crippen LogP contribution < -0.4 is 5.30 Å². The zero-order valence-electron chi connectivity index (χ0n) is 21.8. The fraction of sp³-hybridized carbons (Fsp3) is 0.235. The maximum absolute atomic E-state index is 2.44. The van der Waals surface area contributed by atoms with Crippen LogP contribution in [0.2, 0.25) is 0 Å². The molecule has 35 heavy (non-hydrogen) atoms. The second-order valence-electron chi connectivity index (χ2n) is 11.4. The van der Waals surface area contributed by atoms with Crippen molar-refractivity contribution in [1.29, 1.82) is 0 Å². The summed E-state index contributed by atoms with van der Waals surface area (Å²) >= 11 is 0. The van der Waals surface area contributed by atoms with Crippen LogP contribution in [0.3, 0.4) is 0 Å². The zero-order valence-corrected chi connectivity index (χ0v) is 22.7. The molecule has 0 bridgehead atoms. The van der Waals surface area contributed by atoms with E-state index in [1.54, 1.807) is 0 Å². The van der Waals surface area contributed by atoms with Crippen LogP contribution in [0.4, 0.5) is 0 Å². The first-order chi connectivity index (χ1) is 16.7. The molecule has 5 aromatic rings. The Morgan fingerprint density at radius 1 is 0.457 bits per heavy atom. The van der Waals surface area contributed by atoms with E-state index in [0.29, 0.717) is 0 Å². The summed E-state index contributed by atoms with van der Waals surface area (Å²) in [4.78, 5) is 0. The van der Waals surface area contributed by atoms with E-state index in [4.69, 9.17) is 0 Å². The van der Waals surface area contributed by atoms with Gasteiger partial charge in [0, 0.05) is 0 Å². The largest absolute Gasteiger partial charge is 0.0636 e. The van der Waals surface area contributed by atoms with Gasteiger partial charge in [-0.05, 0) is 59.4 Å². The minimum Gasteiger partial charge on any atom is -0.0636 e. The predicted molar refractivity (Wildman–Crippen MR) is 158 cm³/mol. The van der Waals surface area contributed by atoms with E-state index >= 15 is 0 Å². The van der Waals surface area contributed by atoms with Crippen molar-refractivity contribution in [1.82, 2.24) is 0 Å². The van der Waals surface area contributed by atoms with Crippen molar-refractivity contribution < 1.29 is 0 Å². The summed E-state index contributed by atoms with van der Waals surface area (Å²) in [6.07, 6.45) is 0. The normalized spacial score (nSPS) is 12.5. The minimum atomic E-state index is -0.492. The Bertz CT molecular complexity index is 1480. The topological polar surface area (TPSA) is 0 Å². The van der Waals surface area contributed by atoms with Gasteiger partial charge in [-0.2, -0.15) is 0 Å². The van der Waals surface area contributed by atoms with E-state index < -0.39 is 7.92 Å². The van der Waals surface area contributed by atoms with Gasteiger partial charge in [-0.15, -0.1) is 0 Å². The molecular weight excluding hydrogens is 439 g/mol. The second kappa shape index (κ2) is 8.92. The van der Waals surface area contributed by atoms with Gasteiger partial charge < -0.3 is 0 Å². The van der Waals surface area contributed by atoms with E-state index in [9.17, 15) is 0 Å². The highest BCUT2D eigenvalue weighted by molar-refractivity contribution is 7.68. The smallest absolute Gasteiger partial charge is 0.00141 e. The van der Waals surface area contributed by atoms with Crippen LogP contribution in [0.25, 0.3) is 43.8 Å². The van der Waals surface area contributed by atoms with Gasteiger partial charge >= 0.3 is 0 Å². The summed E-state index contributed by atoms with van der Waals surface area (Å²) < 4.78 is 0. The van der Waals surface area contributed by atoms with Gasteiger partial charge in [0.15, 0.2) is 0 Å². The Labute approximate surface area is 211 Å². The number of fused-ring (bicyclic) bond motifs is 2. The molecule has 5 aromatic carbocycles. The molecule has 0 radical (unpaired) electrons. The van der Waals surface area contributed by atoms with Crippen LogP contribution >= 0.6 is 7.92 Å². The van der Waals surface area contributed by atoms with E-state index in [1.807, 2.05) is 0 Å². The first-order valence-corrected chi connectivity index (χ1v) is 13.9. The Kier molecular flexibility index (Phi) is 6.06. The van der Waals surface area contributed by atoms with Crippen LogP contribution in [0, 0.1) is 0 Å². The Morgan fingerprint density at radius 3 is 1.51 bits per heavy atom. The quantitative estimate of drug-likeness (QED) is 0.228. The molecule has 0 saturated carbocycles. The lowest BCUT2D eigenvalue weighted by atomic mass is 9.87. The Balaban J connectivity index is 2.00. The highest BCUT2D eigenvalue weighted by Crippen LogP contribution is 2.60.